The van der Waals surface area contributed by atoms with Gasteiger partial charge < -0.3 is 5.32 Å². The topological polar surface area (TPSA) is 54.9 Å². The zero-order valence-corrected chi connectivity index (χ0v) is 19.1. The van der Waals surface area contributed by atoms with Crippen LogP contribution < -0.4 is 5.32 Å². The van der Waals surface area contributed by atoms with Gasteiger partial charge in [-0.05, 0) is 55.4 Å². The molecule has 4 nitrogen and oxygen atoms in total. The second-order valence-electron chi connectivity index (χ2n) is 7.91. The lowest BCUT2D eigenvalue weighted by Gasteiger charge is -2.22. The summed E-state index contributed by atoms with van der Waals surface area (Å²) in [4.78, 5) is 12.6. The molecule has 0 amide bonds. The molecule has 3 aromatic rings. The van der Waals surface area contributed by atoms with Gasteiger partial charge in [0.2, 0.25) is 5.13 Å². The van der Waals surface area contributed by atoms with Gasteiger partial charge in [0.05, 0.1) is 5.75 Å². The summed E-state index contributed by atoms with van der Waals surface area (Å²) in [6, 6.07) is 14.4. The fourth-order valence-electron chi connectivity index (χ4n) is 3.91. The highest BCUT2D eigenvalue weighted by Crippen LogP contribution is 2.33. The lowest BCUT2D eigenvalue weighted by Crippen LogP contribution is -2.06. The molecule has 0 atom stereocenters. The third-order valence-electron chi connectivity index (χ3n) is 5.89. The minimum absolute atomic E-state index is 0.134. The van der Waals surface area contributed by atoms with Gasteiger partial charge in [-0.1, -0.05) is 78.8 Å². The molecule has 1 heterocycles. The average molecular weight is 438 g/mol. The molecule has 2 aromatic carbocycles. The Balaban J connectivity index is 1.32. The lowest BCUT2D eigenvalue weighted by atomic mass is 9.84. The van der Waals surface area contributed by atoms with Crippen molar-refractivity contribution in [2.45, 2.75) is 56.2 Å². The maximum Gasteiger partial charge on any atom is 0.210 e. The van der Waals surface area contributed by atoms with Crippen molar-refractivity contribution in [1.29, 1.82) is 0 Å². The number of hydrogen-bond acceptors (Lipinski definition) is 6. The predicted molar refractivity (Wildman–Crippen MR) is 126 cm³/mol. The summed E-state index contributed by atoms with van der Waals surface area (Å²) in [6.07, 6.45) is 6.56. The second-order valence-corrected chi connectivity index (χ2v) is 10.1. The van der Waals surface area contributed by atoms with Crippen LogP contribution in [0.5, 0.6) is 0 Å². The van der Waals surface area contributed by atoms with Gasteiger partial charge in [-0.25, -0.2) is 0 Å². The van der Waals surface area contributed by atoms with E-state index >= 15 is 0 Å². The number of aryl methyl sites for hydroxylation is 1. The first kappa shape index (κ1) is 21.1. The third-order valence-corrected chi connectivity index (χ3v) is 7.86. The normalized spacial score (nSPS) is 14.6. The van der Waals surface area contributed by atoms with Gasteiger partial charge in [0.1, 0.15) is 0 Å². The van der Waals surface area contributed by atoms with E-state index in [0.29, 0.717) is 11.7 Å². The number of nitrogens with zero attached hydrogens (tertiary/aromatic N) is 2. The Hall–Kier alpha value is -2.18. The van der Waals surface area contributed by atoms with Gasteiger partial charge in [-0.2, -0.15) is 0 Å². The van der Waals surface area contributed by atoms with Gasteiger partial charge in [-0.3, -0.25) is 4.79 Å². The number of thioether (sulfide) groups is 1. The van der Waals surface area contributed by atoms with E-state index in [1.807, 2.05) is 24.3 Å². The maximum absolute atomic E-state index is 12.6. The van der Waals surface area contributed by atoms with E-state index in [9.17, 15) is 4.79 Å². The molecule has 30 heavy (non-hydrogen) atoms. The van der Waals surface area contributed by atoms with Crippen LogP contribution >= 0.6 is 23.1 Å². The van der Waals surface area contributed by atoms with Crippen LogP contribution in [0.2, 0.25) is 0 Å². The van der Waals surface area contributed by atoms with Crippen LogP contribution in [0.4, 0.5) is 10.8 Å². The molecule has 1 aromatic heterocycles. The number of rotatable bonds is 7. The van der Waals surface area contributed by atoms with Crippen LogP contribution in [0.15, 0.2) is 46.8 Å². The number of carbonyl (C=O) groups is 1. The first-order chi connectivity index (χ1) is 14.6. The number of ketones is 1. The van der Waals surface area contributed by atoms with E-state index < -0.39 is 0 Å². The molecular formula is C24H27N3OS2. The Kier molecular flexibility index (Phi) is 6.85. The molecule has 1 N–H and O–H groups in total. The molecule has 4 rings (SSSR count). The predicted octanol–water partition coefficient (Wildman–Crippen LogP) is 6.92. The van der Waals surface area contributed by atoms with E-state index in [1.165, 1.54) is 71.9 Å². The maximum atomic E-state index is 12.6. The minimum Gasteiger partial charge on any atom is -0.330 e. The number of aromatic nitrogens is 2. The summed E-state index contributed by atoms with van der Waals surface area (Å²) >= 11 is 2.93. The van der Waals surface area contributed by atoms with Crippen molar-refractivity contribution >= 4 is 39.7 Å². The van der Waals surface area contributed by atoms with Crippen LogP contribution in [0.3, 0.4) is 0 Å². The van der Waals surface area contributed by atoms with E-state index in [4.69, 9.17) is 0 Å². The highest BCUT2D eigenvalue weighted by molar-refractivity contribution is 8.01. The van der Waals surface area contributed by atoms with E-state index in [0.717, 1.165) is 20.7 Å². The molecule has 0 spiro atoms. The van der Waals surface area contributed by atoms with Crippen molar-refractivity contribution in [3.05, 3.63) is 64.7 Å². The fraction of sp³-hybridized carbons (Fsp3) is 0.375. The summed E-state index contributed by atoms with van der Waals surface area (Å²) in [6.45, 7) is 4.18. The molecule has 1 aliphatic carbocycles. The summed E-state index contributed by atoms with van der Waals surface area (Å²) in [5.74, 6) is 1.18. The van der Waals surface area contributed by atoms with Crippen LogP contribution in [-0.4, -0.2) is 21.7 Å². The summed E-state index contributed by atoms with van der Waals surface area (Å²) in [5.41, 5.74) is 5.63. The van der Waals surface area contributed by atoms with E-state index in [2.05, 4.69) is 47.6 Å². The molecule has 156 valence electrons. The number of carbonyl (C=O) groups excluding carboxylic acids is 1. The van der Waals surface area contributed by atoms with Crippen molar-refractivity contribution in [3.8, 4) is 0 Å². The zero-order chi connectivity index (χ0) is 20.9. The van der Waals surface area contributed by atoms with Crippen LogP contribution in [0.25, 0.3) is 0 Å². The molecular weight excluding hydrogens is 410 g/mol. The van der Waals surface area contributed by atoms with E-state index in [1.54, 1.807) is 0 Å². The molecule has 0 radical (unpaired) electrons. The third kappa shape index (κ3) is 5.10. The zero-order valence-electron chi connectivity index (χ0n) is 17.5. The summed E-state index contributed by atoms with van der Waals surface area (Å²) in [7, 11) is 0. The Labute approximate surface area is 186 Å². The van der Waals surface area contributed by atoms with Crippen LogP contribution in [-0.2, 0) is 0 Å². The minimum atomic E-state index is 0.134. The van der Waals surface area contributed by atoms with Crippen LogP contribution in [0.1, 0.15) is 65.1 Å². The van der Waals surface area contributed by atoms with Crippen molar-refractivity contribution in [2.24, 2.45) is 0 Å². The number of hydrogen-bond donors (Lipinski definition) is 1. The van der Waals surface area contributed by atoms with Gasteiger partial charge in [0.25, 0.3) is 0 Å². The van der Waals surface area contributed by atoms with Gasteiger partial charge in [0, 0.05) is 11.3 Å². The first-order valence-corrected chi connectivity index (χ1v) is 12.3. The number of anilines is 2. The highest BCUT2D eigenvalue weighted by Gasteiger charge is 2.16. The van der Waals surface area contributed by atoms with Gasteiger partial charge >= 0.3 is 0 Å². The molecule has 1 saturated carbocycles. The second kappa shape index (κ2) is 9.75. The highest BCUT2D eigenvalue weighted by atomic mass is 32.2. The van der Waals surface area contributed by atoms with Crippen molar-refractivity contribution in [3.63, 3.8) is 0 Å². The van der Waals surface area contributed by atoms with Crippen LogP contribution in [0, 0.1) is 13.8 Å². The molecule has 0 bridgehead atoms. The SMILES string of the molecule is Cc1cccc(Nc2nnc(SCC(=O)c3ccc(C4CCCCC4)cc3)s2)c1C. The van der Waals surface area contributed by atoms with Crippen molar-refractivity contribution < 1.29 is 4.79 Å². The monoisotopic (exact) mass is 437 g/mol. The van der Waals surface area contributed by atoms with Crippen molar-refractivity contribution in [1.82, 2.24) is 10.2 Å². The Morgan fingerprint density at radius 1 is 1.07 bits per heavy atom. The number of Topliss-reactive ketones (excluding diaryl/α,β-unsaturated/α-hetero) is 1. The van der Waals surface area contributed by atoms with Crippen molar-refractivity contribution in [2.75, 3.05) is 11.1 Å². The Morgan fingerprint density at radius 2 is 1.83 bits per heavy atom. The first-order valence-electron chi connectivity index (χ1n) is 10.5. The number of benzene rings is 2. The van der Waals surface area contributed by atoms with Gasteiger partial charge in [-0.15, -0.1) is 10.2 Å². The summed E-state index contributed by atoms with van der Waals surface area (Å²) in [5, 5.41) is 12.5. The molecule has 1 aliphatic rings. The molecule has 1 fully saturated rings. The van der Waals surface area contributed by atoms with E-state index in [-0.39, 0.29) is 5.78 Å². The molecule has 0 aliphatic heterocycles. The number of nitrogens with one attached hydrogen (secondary N) is 1. The molecule has 0 unspecified atom stereocenters. The average Bonchev–Trinajstić information content (AvgIpc) is 3.23. The Morgan fingerprint density at radius 3 is 2.60 bits per heavy atom. The van der Waals surface area contributed by atoms with Gasteiger partial charge in [0.15, 0.2) is 10.1 Å². The smallest absolute Gasteiger partial charge is 0.210 e. The molecule has 0 saturated heterocycles. The fourth-order valence-corrected chi connectivity index (χ4v) is 5.57. The largest absolute Gasteiger partial charge is 0.330 e. The molecule has 6 heteroatoms. The lowest BCUT2D eigenvalue weighted by molar-refractivity contribution is 0.102. The quantitative estimate of drug-likeness (QED) is 0.321. The Bertz CT molecular complexity index is 1010. The summed E-state index contributed by atoms with van der Waals surface area (Å²) < 4.78 is 0.801. The standard InChI is InChI=1S/C24H27N3OS2/c1-16-7-6-10-21(17(16)2)25-23-26-27-24(30-23)29-15-22(28)20-13-11-19(12-14-20)18-8-4-3-5-9-18/h6-7,10-14,18H,3-5,8-9,15H2,1-2H3,(H,25,26).